The molecule has 1 saturated carbocycles. The summed E-state index contributed by atoms with van der Waals surface area (Å²) in [5.74, 6) is 1.99. The number of aryl methyl sites for hydroxylation is 1. The van der Waals surface area contributed by atoms with E-state index in [1.54, 1.807) is 0 Å². The highest BCUT2D eigenvalue weighted by Crippen LogP contribution is 2.36. The Bertz CT molecular complexity index is 417. The molecule has 2 fully saturated rings. The van der Waals surface area contributed by atoms with Crippen LogP contribution < -0.4 is 5.73 Å². The van der Waals surface area contributed by atoms with Gasteiger partial charge in [-0.25, -0.2) is 0 Å². The highest BCUT2D eigenvalue weighted by molar-refractivity contribution is 5.11. The standard InChI is InChI=1S/C13H22N4O/c1-10-15-16-12(13(14)6-8-18-9-7-13)17(10)11-4-2-3-5-11/h11H,2-9,14H2,1H3. The zero-order valence-electron chi connectivity index (χ0n) is 11.1. The van der Waals surface area contributed by atoms with Gasteiger partial charge in [0, 0.05) is 19.3 Å². The first-order chi connectivity index (χ1) is 8.71. The molecule has 100 valence electrons. The lowest BCUT2D eigenvalue weighted by Crippen LogP contribution is -2.44. The maximum Gasteiger partial charge on any atom is 0.153 e. The van der Waals surface area contributed by atoms with Crippen molar-refractivity contribution in [2.24, 2.45) is 5.73 Å². The van der Waals surface area contributed by atoms with Crippen LogP contribution >= 0.6 is 0 Å². The second-order valence-corrected chi connectivity index (χ2v) is 5.65. The van der Waals surface area contributed by atoms with Gasteiger partial charge in [-0.2, -0.15) is 0 Å². The molecular weight excluding hydrogens is 228 g/mol. The van der Waals surface area contributed by atoms with E-state index in [0.29, 0.717) is 6.04 Å². The molecule has 0 spiro atoms. The van der Waals surface area contributed by atoms with Crippen LogP contribution in [-0.2, 0) is 10.3 Å². The lowest BCUT2D eigenvalue weighted by Gasteiger charge is -2.33. The van der Waals surface area contributed by atoms with Crippen LogP contribution in [0.15, 0.2) is 0 Å². The highest BCUT2D eigenvalue weighted by atomic mass is 16.5. The summed E-state index contributed by atoms with van der Waals surface area (Å²) in [7, 11) is 0. The van der Waals surface area contributed by atoms with Crippen molar-refractivity contribution >= 4 is 0 Å². The predicted molar refractivity (Wildman–Crippen MR) is 68.2 cm³/mol. The van der Waals surface area contributed by atoms with Gasteiger partial charge in [0.25, 0.3) is 0 Å². The van der Waals surface area contributed by atoms with E-state index in [2.05, 4.69) is 14.8 Å². The average molecular weight is 250 g/mol. The van der Waals surface area contributed by atoms with Crippen molar-refractivity contribution in [3.05, 3.63) is 11.6 Å². The largest absolute Gasteiger partial charge is 0.381 e. The Morgan fingerprint density at radius 2 is 1.89 bits per heavy atom. The third-order valence-electron chi connectivity index (χ3n) is 4.39. The van der Waals surface area contributed by atoms with E-state index in [0.717, 1.165) is 37.7 Å². The summed E-state index contributed by atoms with van der Waals surface area (Å²) >= 11 is 0. The van der Waals surface area contributed by atoms with E-state index >= 15 is 0 Å². The zero-order chi connectivity index (χ0) is 12.6. The molecule has 0 unspecified atom stereocenters. The van der Waals surface area contributed by atoms with E-state index in [-0.39, 0.29) is 5.54 Å². The van der Waals surface area contributed by atoms with Gasteiger partial charge in [-0.3, -0.25) is 0 Å². The van der Waals surface area contributed by atoms with Crippen molar-refractivity contribution in [1.29, 1.82) is 0 Å². The molecule has 0 radical (unpaired) electrons. The monoisotopic (exact) mass is 250 g/mol. The van der Waals surface area contributed by atoms with Crippen LogP contribution in [-0.4, -0.2) is 28.0 Å². The van der Waals surface area contributed by atoms with Crippen LogP contribution in [0.3, 0.4) is 0 Å². The van der Waals surface area contributed by atoms with Gasteiger partial charge < -0.3 is 15.0 Å². The Kier molecular flexibility index (Phi) is 3.11. The SMILES string of the molecule is Cc1nnc(C2(N)CCOCC2)n1C1CCCC1. The minimum Gasteiger partial charge on any atom is -0.381 e. The van der Waals surface area contributed by atoms with Crippen LogP contribution in [0.5, 0.6) is 0 Å². The zero-order valence-corrected chi connectivity index (χ0v) is 11.1. The highest BCUT2D eigenvalue weighted by Gasteiger charge is 2.37. The fourth-order valence-corrected chi connectivity index (χ4v) is 3.27. The summed E-state index contributed by atoms with van der Waals surface area (Å²) in [4.78, 5) is 0. The van der Waals surface area contributed by atoms with E-state index in [4.69, 9.17) is 10.5 Å². The topological polar surface area (TPSA) is 66.0 Å². The average Bonchev–Trinajstić information content (AvgIpc) is 2.98. The molecule has 0 atom stereocenters. The quantitative estimate of drug-likeness (QED) is 0.867. The smallest absolute Gasteiger partial charge is 0.153 e. The number of nitrogens with zero attached hydrogens (tertiary/aromatic N) is 3. The molecule has 1 aromatic rings. The number of nitrogens with two attached hydrogens (primary N) is 1. The summed E-state index contributed by atoms with van der Waals surface area (Å²) in [5, 5.41) is 8.66. The second-order valence-electron chi connectivity index (χ2n) is 5.65. The molecule has 1 saturated heterocycles. The first-order valence-corrected chi connectivity index (χ1v) is 6.99. The van der Waals surface area contributed by atoms with Crippen LogP contribution in [0.25, 0.3) is 0 Å². The lowest BCUT2D eigenvalue weighted by atomic mass is 9.90. The number of ether oxygens (including phenoxy) is 1. The van der Waals surface area contributed by atoms with Crippen molar-refractivity contribution in [3.8, 4) is 0 Å². The molecule has 2 aliphatic rings. The molecular formula is C13H22N4O. The summed E-state index contributed by atoms with van der Waals surface area (Å²) in [5.41, 5.74) is 6.21. The summed E-state index contributed by atoms with van der Waals surface area (Å²) in [6.45, 7) is 3.50. The van der Waals surface area contributed by atoms with E-state index < -0.39 is 0 Å². The first-order valence-electron chi connectivity index (χ1n) is 6.99. The fourth-order valence-electron chi connectivity index (χ4n) is 3.27. The molecule has 1 aromatic heterocycles. The number of aromatic nitrogens is 3. The van der Waals surface area contributed by atoms with E-state index in [9.17, 15) is 0 Å². The van der Waals surface area contributed by atoms with Gasteiger partial charge in [0.05, 0.1) is 5.54 Å². The normalized spacial score (nSPS) is 24.6. The molecule has 0 aromatic carbocycles. The Labute approximate surface area is 108 Å². The van der Waals surface area contributed by atoms with E-state index in [1.165, 1.54) is 25.7 Å². The molecule has 1 aliphatic heterocycles. The Balaban J connectivity index is 1.96. The molecule has 5 nitrogen and oxygen atoms in total. The van der Waals surface area contributed by atoms with E-state index in [1.807, 2.05) is 6.92 Å². The molecule has 2 heterocycles. The Morgan fingerprint density at radius 3 is 2.56 bits per heavy atom. The van der Waals surface area contributed by atoms with Gasteiger partial charge in [0.2, 0.25) is 0 Å². The number of rotatable bonds is 2. The lowest BCUT2D eigenvalue weighted by molar-refractivity contribution is 0.0471. The molecule has 0 bridgehead atoms. The maximum atomic E-state index is 6.56. The first kappa shape index (κ1) is 12.1. The van der Waals surface area contributed by atoms with Crippen molar-refractivity contribution in [2.45, 2.75) is 57.0 Å². The molecule has 3 rings (SSSR count). The third kappa shape index (κ3) is 1.95. The van der Waals surface area contributed by atoms with Gasteiger partial charge >= 0.3 is 0 Å². The second kappa shape index (κ2) is 4.63. The van der Waals surface area contributed by atoms with Gasteiger partial charge in [0.1, 0.15) is 5.82 Å². The van der Waals surface area contributed by atoms with Gasteiger partial charge in [-0.1, -0.05) is 12.8 Å². The molecule has 1 aliphatic carbocycles. The third-order valence-corrected chi connectivity index (χ3v) is 4.39. The minimum absolute atomic E-state index is 0.345. The minimum atomic E-state index is -0.345. The molecule has 18 heavy (non-hydrogen) atoms. The molecule has 2 N–H and O–H groups in total. The maximum absolute atomic E-state index is 6.56. The van der Waals surface area contributed by atoms with Crippen LogP contribution in [0, 0.1) is 6.92 Å². The molecule has 5 heteroatoms. The Morgan fingerprint density at radius 1 is 1.22 bits per heavy atom. The number of hydrogen-bond acceptors (Lipinski definition) is 4. The molecule has 0 amide bonds. The van der Waals surface area contributed by atoms with Crippen molar-refractivity contribution in [1.82, 2.24) is 14.8 Å². The van der Waals surface area contributed by atoms with Gasteiger partial charge in [0.15, 0.2) is 5.82 Å². The van der Waals surface area contributed by atoms with Crippen molar-refractivity contribution in [2.75, 3.05) is 13.2 Å². The number of hydrogen-bond donors (Lipinski definition) is 1. The summed E-state index contributed by atoms with van der Waals surface area (Å²) in [6.07, 6.45) is 6.78. The van der Waals surface area contributed by atoms with Gasteiger partial charge in [-0.05, 0) is 32.6 Å². The fraction of sp³-hybridized carbons (Fsp3) is 0.846. The Hall–Kier alpha value is -0.940. The predicted octanol–water partition coefficient (Wildman–Crippen LogP) is 1.67. The van der Waals surface area contributed by atoms with Gasteiger partial charge in [-0.15, -0.1) is 10.2 Å². The van der Waals surface area contributed by atoms with Crippen LogP contribution in [0.4, 0.5) is 0 Å². The van der Waals surface area contributed by atoms with Crippen LogP contribution in [0.2, 0.25) is 0 Å². The summed E-state index contributed by atoms with van der Waals surface area (Å²) in [6, 6.07) is 0.554. The van der Waals surface area contributed by atoms with Crippen molar-refractivity contribution < 1.29 is 4.74 Å². The summed E-state index contributed by atoms with van der Waals surface area (Å²) < 4.78 is 7.73. The van der Waals surface area contributed by atoms with Crippen LogP contribution in [0.1, 0.15) is 56.2 Å². The van der Waals surface area contributed by atoms with Crippen molar-refractivity contribution in [3.63, 3.8) is 0 Å².